The maximum absolute atomic E-state index is 13.0. The first-order valence-electron chi connectivity index (χ1n) is 4.40. The molecular formula is C10H12FNO. The Balaban J connectivity index is 2.26. The average molecular weight is 181 g/mol. The van der Waals surface area contributed by atoms with Crippen molar-refractivity contribution in [3.8, 4) is 5.75 Å². The zero-order valence-corrected chi connectivity index (χ0v) is 7.59. The van der Waals surface area contributed by atoms with Crippen molar-refractivity contribution in [1.29, 1.82) is 0 Å². The molecule has 0 atom stereocenters. The van der Waals surface area contributed by atoms with E-state index in [1.807, 2.05) is 0 Å². The fraction of sp³-hybridized carbons (Fsp3) is 0.400. The Morgan fingerprint density at radius 1 is 1.38 bits per heavy atom. The molecule has 2 rings (SSSR count). The molecular weight excluding hydrogens is 169 g/mol. The molecule has 2 nitrogen and oxygen atoms in total. The fourth-order valence-corrected chi connectivity index (χ4v) is 1.42. The van der Waals surface area contributed by atoms with Crippen molar-refractivity contribution in [2.75, 3.05) is 25.1 Å². The summed E-state index contributed by atoms with van der Waals surface area (Å²) in [6.45, 7) is 2.13. The molecule has 13 heavy (non-hydrogen) atoms. The van der Waals surface area contributed by atoms with Crippen molar-refractivity contribution in [3.63, 3.8) is 0 Å². The SMILES string of the molecule is COc1cc(N2CCC2)ccc1F. The highest BCUT2D eigenvalue weighted by Gasteiger charge is 2.15. The van der Waals surface area contributed by atoms with Crippen molar-refractivity contribution < 1.29 is 9.13 Å². The van der Waals surface area contributed by atoms with Crippen LogP contribution in [0.1, 0.15) is 6.42 Å². The number of hydrogen-bond donors (Lipinski definition) is 0. The molecule has 0 amide bonds. The van der Waals surface area contributed by atoms with Gasteiger partial charge in [0.15, 0.2) is 11.6 Å². The fourth-order valence-electron chi connectivity index (χ4n) is 1.42. The van der Waals surface area contributed by atoms with Crippen molar-refractivity contribution in [2.24, 2.45) is 0 Å². The van der Waals surface area contributed by atoms with Crippen LogP contribution in [-0.2, 0) is 0 Å². The average Bonchev–Trinajstić information content (AvgIpc) is 2.05. The summed E-state index contributed by atoms with van der Waals surface area (Å²) in [7, 11) is 1.48. The van der Waals surface area contributed by atoms with Crippen LogP contribution < -0.4 is 9.64 Å². The van der Waals surface area contributed by atoms with E-state index in [9.17, 15) is 4.39 Å². The number of nitrogens with zero attached hydrogens (tertiary/aromatic N) is 1. The van der Waals surface area contributed by atoms with Gasteiger partial charge in [0.2, 0.25) is 0 Å². The van der Waals surface area contributed by atoms with Gasteiger partial charge in [-0.1, -0.05) is 0 Å². The van der Waals surface area contributed by atoms with E-state index < -0.39 is 0 Å². The van der Waals surface area contributed by atoms with E-state index in [4.69, 9.17) is 4.74 Å². The third-order valence-corrected chi connectivity index (χ3v) is 2.36. The molecule has 1 saturated heterocycles. The van der Waals surface area contributed by atoms with Crippen LogP contribution >= 0.6 is 0 Å². The van der Waals surface area contributed by atoms with Crippen LogP contribution in [0.25, 0.3) is 0 Å². The van der Waals surface area contributed by atoms with Crippen molar-refractivity contribution in [2.45, 2.75) is 6.42 Å². The van der Waals surface area contributed by atoms with Gasteiger partial charge in [-0.2, -0.15) is 0 Å². The molecule has 1 aliphatic heterocycles. The van der Waals surface area contributed by atoms with Gasteiger partial charge in [-0.3, -0.25) is 0 Å². The highest BCUT2D eigenvalue weighted by atomic mass is 19.1. The molecule has 70 valence electrons. The van der Waals surface area contributed by atoms with E-state index in [0.29, 0.717) is 5.75 Å². The van der Waals surface area contributed by atoms with Gasteiger partial charge in [-0.05, 0) is 18.6 Å². The Bertz CT molecular complexity index is 310. The molecule has 0 spiro atoms. The predicted octanol–water partition coefficient (Wildman–Crippen LogP) is 2.04. The monoisotopic (exact) mass is 181 g/mol. The van der Waals surface area contributed by atoms with E-state index in [0.717, 1.165) is 18.8 Å². The standard InChI is InChI=1S/C10H12FNO/c1-13-10-7-8(3-4-9(10)11)12-5-2-6-12/h3-4,7H,2,5-6H2,1H3. The van der Waals surface area contributed by atoms with Gasteiger partial charge in [0.05, 0.1) is 7.11 Å². The quantitative estimate of drug-likeness (QED) is 0.692. The number of methoxy groups -OCH3 is 1. The number of anilines is 1. The van der Waals surface area contributed by atoms with Crippen LogP contribution in [0.15, 0.2) is 18.2 Å². The van der Waals surface area contributed by atoms with E-state index >= 15 is 0 Å². The van der Waals surface area contributed by atoms with Gasteiger partial charge < -0.3 is 9.64 Å². The number of rotatable bonds is 2. The molecule has 1 heterocycles. The lowest BCUT2D eigenvalue weighted by Crippen LogP contribution is -2.36. The molecule has 1 aromatic rings. The van der Waals surface area contributed by atoms with Crippen molar-refractivity contribution in [3.05, 3.63) is 24.0 Å². The van der Waals surface area contributed by atoms with Crippen LogP contribution in [0, 0.1) is 5.82 Å². The molecule has 0 bridgehead atoms. The first-order chi connectivity index (χ1) is 6.31. The predicted molar refractivity (Wildman–Crippen MR) is 49.8 cm³/mol. The van der Waals surface area contributed by atoms with Crippen LogP contribution in [0.2, 0.25) is 0 Å². The van der Waals surface area contributed by atoms with Crippen molar-refractivity contribution >= 4 is 5.69 Å². The van der Waals surface area contributed by atoms with E-state index in [1.165, 1.54) is 19.6 Å². The molecule has 0 radical (unpaired) electrons. The van der Waals surface area contributed by atoms with Gasteiger partial charge in [-0.25, -0.2) is 4.39 Å². The third kappa shape index (κ3) is 1.46. The van der Waals surface area contributed by atoms with Gasteiger partial charge >= 0.3 is 0 Å². The molecule has 1 aromatic carbocycles. The van der Waals surface area contributed by atoms with E-state index in [2.05, 4.69) is 4.90 Å². The summed E-state index contributed by atoms with van der Waals surface area (Å²) in [5.74, 6) is 0.0242. The summed E-state index contributed by atoms with van der Waals surface area (Å²) in [4.78, 5) is 2.20. The summed E-state index contributed by atoms with van der Waals surface area (Å²) < 4.78 is 17.9. The Labute approximate surface area is 76.9 Å². The normalized spacial score (nSPS) is 15.4. The molecule has 0 unspecified atom stereocenters. The Hall–Kier alpha value is -1.25. The second-order valence-electron chi connectivity index (χ2n) is 3.16. The number of hydrogen-bond acceptors (Lipinski definition) is 2. The molecule has 0 N–H and O–H groups in total. The van der Waals surface area contributed by atoms with Crippen LogP contribution in [-0.4, -0.2) is 20.2 Å². The first-order valence-corrected chi connectivity index (χ1v) is 4.40. The second-order valence-corrected chi connectivity index (χ2v) is 3.16. The summed E-state index contributed by atoms with van der Waals surface area (Å²) >= 11 is 0. The van der Waals surface area contributed by atoms with Crippen LogP contribution in [0.4, 0.5) is 10.1 Å². The molecule has 0 aliphatic carbocycles. The van der Waals surface area contributed by atoms with Gasteiger partial charge in [-0.15, -0.1) is 0 Å². The lowest BCUT2D eigenvalue weighted by Gasteiger charge is -2.33. The lowest BCUT2D eigenvalue weighted by molar-refractivity contribution is 0.386. The highest BCUT2D eigenvalue weighted by Crippen LogP contribution is 2.26. The van der Waals surface area contributed by atoms with Crippen LogP contribution in [0.5, 0.6) is 5.75 Å². The van der Waals surface area contributed by atoms with Gasteiger partial charge in [0, 0.05) is 24.8 Å². The van der Waals surface area contributed by atoms with Crippen molar-refractivity contribution in [1.82, 2.24) is 0 Å². The second kappa shape index (κ2) is 3.24. The Kier molecular flexibility index (Phi) is 2.08. The van der Waals surface area contributed by atoms with Crippen LogP contribution in [0.3, 0.4) is 0 Å². The first kappa shape index (κ1) is 8.35. The zero-order valence-electron chi connectivity index (χ0n) is 7.59. The van der Waals surface area contributed by atoms with E-state index in [-0.39, 0.29) is 5.82 Å². The Morgan fingerprint density at radius 3 is 2.69 bits per heavy atom. The third-order valence-electron chi connectivity index (χ3n) is 2.36. The molecule has 1 fully saturated rings. The lowest BCUT2D eigenvalue weighted by atomic mass is 10.1. The van der Waals surface area contributed by atoms with Gasteiger partial charge in [0.25, 0.3) is 0 Å². The minimum absolute atomic E-state index is 0.299. The largest absolute Gasteiger partial charge is 0.494 e. The minimum Gasteiger partial charge on any atom is -0.494 e. The maximum Gasteiger partial charge on any atom is 0.165 e. The van der Waals surface area contributed by atoms with E-state index in [1.54, 1.807) is 12.1 Å². The molecule has 1 aliphatic rings. The summed E-state index contributed by atoms with van der Waals surface area (Å²) in [5, 5.41) is 0. The maximum atomic E-state index is 13.0. The molecule has 0 saturated carbocycles. The summed E-state index contributed by atoms with van der Waals surface area (Å²) in [5.41, 5.74) is 1.05. The minimum atomic E-state index is -0.299. The zero-order chi connectivity index (χ0) is 9.26. The summed E-state index contributed by atoms with van der Waals surface area (Å²) in [6.07, 6.45) is 1.22. The topological polar surface area (TPSA) is 12.5 Å². The molecule has 0 aromatic heterocycles. The number of halogens is 1. The van der Waals surface area contributed by atoms with Gasteiger partial charge in [0.1, 0.15) is 0 Å². The number of ether oxygens (including phenoxy) is 1. The molecule has 3 heteroatoms. The highest BCUT2D eigenvalue weighted by molar-refractivity contribution is 5.52. The number of benzene rings is 1. The summed E-state index contributed by atoms with van der Waals surface area (Å²) in [6, 6.07) is 4.98. The Morgan fingerprint density at radius 2 is 2.15 bits per heavy atom. The smallest absolute Gasteiger partial charge is 0.165 e.